The summed E-state index contributed by atoms with van der Waals surface area (Å²) in [6, 6.07) is 3.50. The zero-order valence-corrected chi connectivity index (χ0v) is 11.1. The van der Waals surface area contributed by atoms with Gasteiger partial charge >= 0.3 is 0 Å². The molecule has 1 aliphatic heterocycles. The van der Waals surface area contributed by atoms with Gasteiger partial charge in [0.25, 0.3) is 0 Å². The van der Waals surface area contributed by atoms with Crippen LogP contribution >= 0.6 is 22.9 Å². The molecule has 1 aliphatic rings. The molecule has 1 fully saturated rings. The standard InChI is InChI=1S/C11H15ClN2O2S/c1-6(9-2-3-10(12)17-9)14-11(15)7-4-16-5-8(7)13/h2-3,6-8H,4-5,13H2,1H3,(H,14,15). The average Bonchev–Trinajstić information content (AvgIpc) is 2.86. The summed E-state index contributed by atoms with van der Waals surface area (Å²) in [5.41, 5.74) is 5.79. The quantitative estimate of drug-likeness (QED) is 0.879. The minimum absolute atomic E-state index is 0.0483. The number of hydrogen-bond acceptors (Lipinski definition) is 4. The van der Waals surface area contributed by atoms with Crippen LogP contribution in [0.1, 0.15) is 17.8 Å². The van der Waals surface area contributed by atoms with E-state index in [0.29, 0.717) is 13.2 Å². The van der Waals surface area contributed by atoms with Crippen LogP contribution in [0.5, 0.6) is 0 Å². The summed E-state index contributed by atoms with van der Waals surface area (Å²) >= 11 is 7.33. The van der Waals surface area contributed by atoms with Crippen molar-refractivity contribution in [3.8, 4) is 0 Å². The van der Waals surface area contributed by atoms with Crippen molar-refractivity contribution < 1.29 is 9.53 Å². The van der Waals surface area contributed by atoms with Gasteiger partial charge < -0.3 is 15.8 Å². The molecule has 4 nitrogen and oxygen atoms in total. The van der Waals surface area contributed by atoms with E-state index in [1.807, 2.05) is 19.1 Å². The van der Waals surface area contributed by atoms with Crippen molar-refractivity contribution in [3.63, 3.8) is 0 Å². The summed E-state index contributed by atoms with van der Waals surface area (Å²) in [5, 5.41) is 2.93. The number of nitrogens with one attached hydrogen (secondary N) is 1. The second-order valence-corrected chi connectivity index (χ2v) is 5.93. The normalized spacial score (nSPS) is 25.8. The van der Waals surface area contributed by atoms with Gasteiger partial charge in [-0.3, -0.25) is 4.79 Å². The lowest BCUT2D eigenvalue weighted by molar-refractivity contribution is -0.125. The summed E-state index contributed by atoms with van der Waals surface area (Å²) in [6.07, 6.45) is 0. The number of ether oxygens (including phenoxy) is 1. The van der Waals surface area contributed by atoms with Crippen LogP contribution < -0.4 is 11.1 Å². The smallest absolute Gasteiger partial charge is 0.227 e. The number of amides is 1. The van der Waals surface area contributed by atoms with Gasteiger partial charge in [0.1, 0.15) is 0 Å². The van der Waals surface area contributed by atoms with Crippen molar-refractivity contribution in [2.24, 2.45) is 11.7 Å². The van der Waals surface area contributed by atoms with Gasteiger partial charge in [0.05, 0.1) is 29.5 Å². The highest BCUT2D eigenvalue weighted by molar-refractivity contribution is 7.16. The van der Waals surface area contributed by atoms with Gasteiger partial charge in [-0.1, -0.05) is 11.6 Å². The Morgan fingerprint density at radius 1 is 1.65 bits per heavy atom. The van der Waals surface area contributed by atoms with E-state index in [0.717, 1.165) is 9.21 Å². The summed E-state index contributed by atoms with van der Waals surface area (Å²) < 4.78 is 5.90. The first kappa shape index (κ1) is 12.8. The molecule has 3 N–H and O–H groups in total. The van der Waals surface area contributed by atoms with E-state index in [4.69, 9.17) is 22.1 Å². The van der Waals surface area contributed by atoms with Crippen LogP contribution in [0.2, 0.25) is 4.34 Å². The fourth-order valence-electron chi connectivity index (χ4n) is 1.79. The Morgan fingerprint density at radius 2 is 2.41 bits per heavy atom. The molecule has 0 aromatic carbocycles. The number of rotatable bonds is 3. The minimum atomic E-state index is -0.243. The topological polar surface area (TPSA) is 64.3 Å². The molecule has 2 heterocycles. The molecule has 6 heteroatoms. The van der Waals surface area contributed by atoms with Gasteiger partial charge in [0.2, 0.25) is 5.91 Å². The molecule has 0 aliphatic carbocycles. The molecular weight excluding hydrogens is 260 g/mol. The highest BCUT2D eigenvalue weighted by atomic mass is 35.5. The number of halogens is 1. The van der Waals surface area contributed by atoms with Gasteiger partial charge in [-0.05, 0) is 19.1 Å². The van der Waals surface area contributed by atoms with E-state index in [9.17, 15) is 4.79 Å². The second kappa shape index (κ2) is 5.35. The first-order valence-electron chi connectivity index (χ1n) is 5.47. The van der Waals surface area contributed by atoms with Crippen LogP contribution in [-0.2, 0) is 9.53 Å². The lowest BCUT2D eigenvalue weighted by Gasteiger charge is -2.17. The van der Waals surface area contributed by atoms with Gasteiger partial charge in [-0.25, -0.2) is 0 Å². The molecular formula is C11H15ClN2O2S. The third-order valence-electron chi connectivity index (χ3n) is 2.84. The Labute approximate surface area is 109 Å². The number of carbonyl (C=O) groups excluding carboxylic acids is 1. The van der Waals surface area contributed by atoms with E-state index < -0.39 is 0 Å². The second-order valence-electron chi connectivity index (χ2n) is 4.18. The first-order chi connectivity index (χ1) is 8.08. The summed E-state index contributed by atoms with van der Waals surface area (Å²) in [5.74, 6) is -0.292. The fraction of sp³-hybridized carbons (Fsp3) is 0.545. The molecule has 1 saturated heterocycles. The molecule has 1 aromatic heterocycles. The molecule has 2 rings (SSSR count). The summed E-state index contributed by atoms with van der Waals surface area (Å²) in [7, 11) is 0. The maximum atomic E-state index is 11.9. The number of nitrogens with two attached hydrogens (primary N) is 1. The number of hydrogen-bond donors (Lipinski definition) is 2. The zero-order valence-electron chi connectivity index (χ0n) is 9.48. The molecule has 0 radical (unpaired) electrons. The largest absolute Gasteiger partial charge is 0.379 e. The Hall–Kier alpha value is -0.620. The van der Waals surface area contributed by atoms with Crippen LogP contribution in [-0.4, -0.2) is 25.2 Å². The third-order valence-corrected chi connectivity index (χ3v) is 4.25. The number of carbonyl (C=O) groups is 1. The maximum absolute atomic E-state index is 11.9. The van der Waals surface area contributed by atoms with Gasteiger partial charge in [0, 0.05) is 10.9 Å². The van der Waals surface area contributed by atoms with Crippen molar-refractivity contribution >= 4 is 28.8 Å². The predicted molar refractivity (Wildman–Crippen MR) is 68.2 cm³/mol. The summed E-state index contributed by atoms with van der Waals surface area (Å²) in [4.78, 5) is 13.0. The van der Waals surface area contributed by atoms with Crippen LogP contribution in [0, 0.1) is 5.92 Å². The maximum Gasteiger partial charge on any atom is 0.227 e. The number of thiophene rings is 1. The molecule has 0 bridgehead atoms. The molecule has 0 saturated carbocycles. The lowest BCUT2D eigenvalue weighted by atomic mass is 10.0. The first-order valence-corrected chi connectivity index (χ1v) is 6.66. The molecule has 3 atom stereocenters. The third kappa shape index (κ3) is 2.98. The van der Waals surface area contributed by atoms with Gasteiger partial charge in [-0.2, -0.15) is 0 Å². The Bertz CT molecular complexity index is 410. The fourth-order valence-corrected chi connectivity index (χ4v) is 2.86. The molecule has 0 spiro atoms. The van der Waals surface area contributed by atoms with Crippen LogP contribution in [0.25, 0.3) is 0 Å². The molecule has 17 heavy (non-hydrogen) atoms. The average molecular weight is 275 g/mol. The highest BCUT2D eigenvalue weighted by Crippen LogP contribution is 2.27. The molecule has 1 aromatic rings. The Balaban J connectivity index is 1.94. The van der Waals surface area contributed by atoms with E-state index in [1.54, 1.807) is 0 Å². The highest BCUT2D eigenvalue weighted by Gasteiger charge is 2.32. The Kier molecular flexibility index (Phi) is 4.04. The van der Waals surface area contributed by atoms with Gasteiger partial charge in [0.15, 0.2) is 0 Å². The van der Waals surface area contributed by atoms with E-state index in [2.05, 4.69) is 5.32 Å². The predicted octanol–water partition coefficient (Wildman–Crippen LogP) is 1.55. The Morgan fingerprint density at radius 3 is 2.94 bits per heavy atom. The zero-order chi connectivity index (χ0) is 12.4. The van der Waals surface area contributed by atoms with E-state index in [1.165, 1.54) is 11.3 Å². The van der Waals surface area contributed by atoms with Gasteiger partial charge in [-0.15, -0.1) is 11.3 Å². The van der Waals surface area contributed by atoms with Crippen molar-refractivity contribution in [3.05, 3.63) is 21.3 Å². The summed E-state index contributed by atoms with van der Waals surface area (Å²) in [6.45, 7) is 2.80. The van der Waals surface area contributed by atoms with Crippen molar-refractivity contribution in [2.75, 3.05) is 13.2 Å². The molecule has 1 amide bonds. The molecule has 94 valence electrons. The monoisotopic (exact) mass is 274 g/mol. The van der Waals surface area contributed by atoms with E-state index >= 15 is 0 Å². The van der Waals surface area contributed by atoms with Crippen molar-refractivity contribution in [1.82, 2.24) is 5.32 Å². The SMILES string of the molecule is CC(NC(=O)C1COCC1N)c1ccc(Cl)s1. The van der Waals surface area contributed by atoms with Crippen LogP contribution in [0.15, 0.2) is 12.1 Å². The van der Waals surface area contributed by atoms with Crippen LogP contribution in [0.4, 0.5) is 0 Å². The minimum Gasteiger partial charge on any atom is -0.379 e. The lowest BCUT2D eigenvalue weighted by Crippen LogP contribution is -2.41. The van der Waals surface area contributed by atoms with E-state index in [-0.39, 0.29) is 23.9 Å². The molecule has 3 unspecified atom stereocenters. The van der Waals surface area contributed by atoms with Crippen LogP contribution in [0.3, 0.4) is 0 Å². The van der Waals surface area contributed by atoms with Crippen molar-refractivity contribution in [1.29, 1.82) is 0 Å². The van der Waals surface area contributed by atoms with Crippen molar-refractivity contribution in [2.45, 2.75) is 19.0 Å².